The van der Waals surface area contributed by atoms with Crippen LogP contribution in [0.15, 0.2) is 41.8 Å². The van der Waals surface area contributed by atoms with Crippen molar-refractivity contribution in [3.05, 3.63) is 64.3 Å². The molecule has 4 aromatic rings. The number of ether oxygens (including phenoxy) is 1. The fourth-order valence-electron chi connectivity index (χ4n) is 4.29. The van der Waals surface area contributed by atoms with E-state index in [2.05, 4.69) is 59.1 Å². The maximum absolute atomic E-state index is 7.63. The molecular weight excluding hydrogens is 364 g/mol. The Morgan fingerprint density at radius 3 is 2.79 bits per heavy atom. The van der Waals surface area contributed by atoms with Crippen LogP contribution in [0.2, 0.25) is 0 Å². The molecule has 1 aliphatic heterocycles. The van der Waals surface area contributed by atoms with Gasteiger partial charge in [-0.1, -0.05) is 24.3 Å². The van der Waals surface area contributed by atoms with E-state index in [4.69, 9.17) is 11.3 Å². The molecule has 28 heavy (non-hydrogen) atoms. The number of thiophene rings is 1. The van der Waals surface area contributed by atoms with E-state index in [1.54, 1.807) is 11.3 Å². The predicted octanol–water partition coefficient (Wildman–Crippen LogP) is 6.20. The smallest absolute Gasteiger partial charge is 0.257 e. The zero-order chi connectivity index (χ0) is 19.6. The lowest BCUT2D eigenvalue weighted by Gasteiger charge is -2.24. The normalized spacial score (nSPS) is 12.7. The maximum atomic E-state index is 7.63. The summed E-state index contributed by atoms with van der Waals surface area (Å²) < 4.78 is 10.0. The Bertz CT molecular complexity index is 1320. The Hall–Kier alpha value is -2.90. The lowest BCUT2D eigenvalue weighted by molar-refractivity contribution is -0.633. The van der Waals surface area contributed by atoms with Gasteiger partial charge in [-0.25, -0.2) is 6.57 Å². The van der Waals surface area contributed by atoms with Crippen LogP contribution in [-0.4, -0.2) is 5.54 Å². The van der Waals surface area contributed by atoms with Crippen LogP contribution < -0.4 is 9.30 Å². The minimum Gasteiger partial charge on any atom is -0.449 e. The second-order valence-electron chi connectivity index (χ2n) is 8.17. The first-order chi connectivity index (χ1) is 13.4. The molecule has 0 bridgehead atoms. The number of benzene rings is 2. The zero-order valence-electron chi connectivity index (χ0n) is 16.5. The van der Waals surface area contributed by atoms with Gasteiger partial charge in [0.25, 0.3) is 5.69 Å². The van der Waals surface area contributed by atoms with Gasteiger partial charge in [0.1, 0.15) is 17.5 Å². The highest BCUT2D eigenvalue weighted by Crippen LogP contribution is 2.50. The number of aromatic nitrogens is 1. The maximum Gasteiger partial charge on any atom is 0.257 e. The summed E-state index contributed by atoms with van der Waals surface area (Å²) in [4.78, 5) is 3.87. The first-order valence-corrected chi connectivity index (χ1v) is 10.3. The highest BCUT2D eigenvalue weighted by atomic mass is 32.1. The monoisotopic (exact) mass is 385 g/mol. The van der Waals surface area contributed by atoms with Crippen molar-refractivity contribution < 1.29 is 9.30 Å². The molecule has 138 valence electrons. The summed E-state index contributed by atoms with van der Waals surface area (Å²) in [6.07, 6.45) is 0.661. The molecule has 2 aromatic carbocycles. The van der Waals surface area contributed by atoms with Crippen molar-refractivity contribution in [2.24, 2.45) is 7.05 Å². The van der Waals surface area contributed by atoms with Crippen molar-refractivity contribution in [1.29, 1.82) is 0 Å². The number of fused-ring (bicyclic) bond motifs is 3. The second-order valence-corrected chi connectivity index (χ2v) is 9.08. The zero-order valence-corrected chi connectivity index (χ0v) is 17.3. The highest BCUT2D eigenvalue weighted by molar-refractivity contribution is 7.17. The molecule has 0 spiro atoms. The summed E-state index contributed by atoms with van der Waals surface area (Å²) in [5, 5.41) is 4.50. The van der Waals surface area contributed by atoms with E-state index in [1.165, 1.54) is 32.1 Å². The standard InChI is InChI=1S/C24H21N2OS/c1-14-9-10-15-7-6-8-18-20(15)19(14)21-22(27-18)16(13-24(2,3)25-4)23-17(26(21)5)11-12-28-23/h6-12H,13H2,1-3,5H3/q+1. The van der Waals surface area contributed by atoms with E-state index in [0.717, 1.165) is 22.8 Å². The highest BCUT2D eigenvalue weighted by Gasteiger charge is 2.37. The Morgan fingerprint density at radius 2 is 2.00 bits per heavy atom. The minimum atomic E-state index is -0.480. The van der Waals surface area contributed by atoms with Crippen LogP contribution in [-0.2, 0) is 13.5 Å². The molecule has 0 N–H and O–H groups in total. The van der Waals surface area contributed by atoms with Gasteiger partial charge in [-0.2, -0.15) is 4.57 Å². The molecule has 0 fully saturated rings. The fraction of sp³-hybridized carbons (Fsp3) is 0.250. The average Bonchev–Trinajstić information content (AvgIpc) is 3.17. The van der Waals surface area contributed by atoms with Gasteiger partial charge in [0, 0.05) is 30.9 Å². The summed E-state index contributed by atoms with van der Waals surface area (Å²) in [5.74, 6) is 1.81. The molecule has 0 radical (unpaired) electrons. The van der Waals surface area contributed by atoms with Crippen molar-refractivity contribution in [1.82, 2.24) is 0 Å². The van der Waals surface area contributed by atoms with Crippen molar-refractivity contribution >= 4 is 32.3 Å². The lowest BCUT2D eigenvalue weighted by Crippen LogP contribution is -2.34. The third kappa shape index (κ3) is 2.30. The topological polar surface area (TPSA) is 17.5 Å². The van der Waals surface area contributed by atoms with E-state index in [1.807, 2.05) is 19.9 Å². The molecular formula is C24H21N2OS+. The summed E-state index contributed by atoms with van der Waals surface area (Å²) in [5.41, 5.74) is 5.45. The molecule has 0 saturated heterocycles. The molecule has 1 aliphatic rings. The third-order valence-electron chi connectivity index (χ3n) is 5.68. The Balaban J connectivity index is 1.95. The molecule has 0 amide bonds. The number of pyridine rings is 1. The largest absolute Gasteiger partial charge is 0.449 e. The van der Waals surface area contributed by atoms with Gasteiger partial charge in [0.15, 0.2) is 0 Å². The number of hydrogen-bond donors (Lipinski definition) is 0. The van der Waals surface area contributed by atoms with E-state index in [0.29, 0.717) is 6.42 Å². The van der Waals surface area contributed by atoms with Gasteiger partial charge >= 0.3 is 0 Å². The lowest BCUT2D eigenvalue weighted by atomic mass is 9.89. The van der Waals surface area contributed by atoms with Crippen molar-refractivity contribution in [3.8, 4) is 22.8 Å². The van der Waals surface area contributed by atoms with E-state index < -0.39 is 5.54 Å². The first kappa shape index (κ1) is 17.2. The number of rotatable bonds is 2. The molecule has 3 heterocycles. The van der Waals surface area contributed by atoms with Crippen LogP contribution in [0.25, 0.3) is 37.1 Å². The average molecular weight is 386 g/mol. The van der Waals surface area contributed by atoms with Crippen molar-refractivity contribution in [2.45, 2.75) is 32.7 Å². The van der Waals surface area contributed by atoms with Crippen LogP contribution in [0.3, 0.4) is 0 Å². The van der Waals surface area contributed by atoms with Crippen LogP contribution in [0.5, 0.6) is 11.5 Å². The number of nitrogens with zero attached hydrogens (tertiary/aromatic N) is 2. The predicted molar refractivity (Wildman–Crippen MR) is 115 cm³/mol. The van der Waals surface area contributed by atoms with E-state index >= 15 is 0 Å². The molecule has 0 unspecified atom stereocenters. The van der Waals surface area contributed by atoms with Gasteiger partial charge < -0.3 is 9.58 Å². The Kier molecular flexibility index (Phi) is 3.56. The van der Waals surface area contributed by atoms with E-state index in [-0.39, 0.29) is 0 Å². The molecule has 3 nitrogen and oxygen atoms in total. The fourth-order valence-corrected chi connectivity index (χ4v) is 5.25. The molecule has 5 rings (SSSR count). The van der Waals surface area contributed by atoms with Gasteiger partial charge in [-0.3, -0.25) is 0 Å². The van der Waals surface area contributed by atoms with E-state index in [9.17, 15) is 0 Å². The third-order valence-corrected chi connectivity index (χ3v) is 6.64. The Labute approximate surface area is 168 Å². The SMILES string of the molecule is [C-]#[N+]C(C)(C)Cc1c2c([n+](C)c3ccsc13)-c1c(C)ccc3cccc(c13)O2. The summed E-state index contributed by atoms with van der Waals surface area (Å²) >= 11 is 1.73. The summed E-state index contributed by atoms with van der Waals surface area (Å²) in [7, 11) is 2.12. The number of hydrogen-bond acceptors (Lipinski definition) is 2. The van der Waals surface area contributed by atoms with Crippen LogP contribution in [0.4, 0.5) is 0 Å². The number of aryl methyl sites for hydroxylation is 2. The second kappa shape index (κ2) is 5.80. The van der Waals surface area contributed by atoms with Gasteiger partial charge in [0.05, 0.1) is 12.0 Å². The van der Waals surface area contributed by atoms with Crippen LogP contribution >= 0.6 is 11.3 Å². The van der Waals surface area contributed by atoms with Crippen LogP contribution in [0, 0.1) is 13.5 Å². The Morgan fingerprint density at radius 1 is 1.18 bits per heavy atom. The summed E-state index contributed by atoms with van der Waals surface area (Å²) in [6, 6.07) is 12.8. The van der Waals surface area contributed by atoms with Gasteiger partial charge in [-0.15, -0.1) is 11.3 Å². The molecule has 0 saturated carbocycles. The molecule has 4 heteroatoms. The van der Waals surface area contributed by atoms with Crippen molar-refractivity contribution in [3.63, 3.8) is 0 Å². The van der Waals surface area contributed by atoms with Gasteiger partial charge in [0.2, 0.25) is 16.8 Å². The molecule has 0 aliphatic carbocycles. The van der Waals surface area contributed by atoms with Gasteiger partial charge in [-0.05, 0) is 29.3 Å². The molecule has 2 aromatic heterocycles. The first-order valence-electron chi connectivity index (χ1n) is 9.42. The quantitative estimate of drug-likeness (QED) is 0.261. The minimum absolute atomic E-state index is 0.480. The van der Waals surface area contributed by atoms with Crippen LogP contribution in [0.1, 0.15) is 25.0 Å². The molecule has 0 atom stereocenters. The summed E-state index contributed by atoms with van der Waals surface area (Å²) in [6.45, 7) is 13.8. The van der Waals surface area contributed by atoms with Crippen molar-refractivity contribution in [2.75, 3.05) is 0 Å².